The monoisotopic (exact) mass is 486 g/mol. The number of aryl methyl sites for hydroxylation is 1. The number of carbonyl (C=O) groups excluding carboxylic acids is 1. The van der Waals surface area contributed by atoms with Crippen LogP contribution in [0.25, 0.3) is 5.82 Å². The van der Waals surface area contributed by atoms with Crippen LogP contribution in [0.15, 0.2) is 57.1 Å². The molecule has 0 saturated heterocycles. The molecule has 0 aliphatic carbocycles. The van der Waals surface area contributed by atoms with Crippen LogP contribution in [-0.4, -0.2) is 37.4 Å². The first-order valence-electron chi connectivity index (χ1n) is 9.44. The van der Waals surface area contributed by atoms with Crippen LogP contribution in [0.4, 0.5) is 10.2 Å². The maximum absolute atomic E-state index is 13.9. The lowest BCUT2D eigenvalue weighted by molar-refractivity contribution is 0.0949. The van der Waals surface area contributed by atoms with Gasteiger partial charge in [0.2, 0.25) is 11.6 Å². The van der Waals surface area contributed by atoms with E-state index in [1.165, 1.54) is 34.6 Å². The van der Waals surface area contributed by atoms with Crippen LogP contribution in [0.2, 0.25) is 5.02 Å². The first-order valence-corrected chi connectivity index (χ1v) is 10.8. The first-order chi connectivity index (χ1) is 15.9. The van der Waals surface area contributed by atoms with Crippen LogP contribution < -0.4 is 11.2 Å². The molecule has 0 bridgehead atoms. The van der Waals surface area contributed by atoms with Crippen LogP contribution in [0.3, 0.4) is 0 Å². The lowest BCUT2D eigenvalue weighted by atomic mass is 10.2. The molecular formula is C20H16ClFN8O2S. The van der Waals surface area contributed by atoms with Crippen molar-refractivity contribution in [1.29, 1.82) is 0 Å². The zero-order valence-electron chi connectivity index (χ0n) is 17.1. The van der Waals surface area contributed by atoms with E-state index in [1.807, 2.05) is 31.2 Å². The second kappa shape index (κ2) is 9.79. The van der Waals surface area contributed by atoms with Gasteiger partial charge < -0.3 is 5.73 Å². The van der Waals surface area contributed by atoms with E-state index < -0.39 is 11.7 Å². The molecule has 4 aromatic rings. The highest BCUT2D eigenvalue weighted by molar-refractivity contribution is 7.98. The lowest BCUT2D eigenvalue weighted by Crippen LogP contribution is -2.20. The molecule has 0 aliphatic rings. The molecule has 0 spiro atoms. The second-order valence-electron chi connectivity index (χ2n) is 6.71. The minimum absolute atomic E-state index is 0.0133. The minimum Gasteiger partial charge on any atom is -0.378 e. The van der Waals surface area contributed by atoms with Crippen molar-refractivity contribution >= 4 is 41.3 Å². The van der Waals surface area contributed by atoms with E-state index in [2.05, 4.69) is 35.8 Å². The molecule has 33 heavy (non-hydrogen) atoms. The van der Waals surface area contributed by atoms with Crippen LogP contribution in [-0.2, 0) is 5.75 Å². The minimum atomic E-state index is -0.667. The fourth-order valence-electron chi connectivity index (χ4n) is 2.74. The van der Waals surface area contributed by atoms with E-state index in [0.29, 0.717) is 11.4 Å². The summed E-state index contributed by atoms with van der Waals surface area (Å²) in [7, 11) is 0. The van der Waals surface area contributed by atoms with Gasteiger partial charge in [0, 0.05) is 16.2 Å². The number of nitrogens with zero attached hydrogens (tertiary/aromatic N) is 6. The fourth-order valence-corrected chi connectivity index (χ4v) is 3.85. The van der Waals surface area contributed by atoms with E-state index in [0.717, 1.165) is 16.7 Å². The van der Waals surface area contributed by atoms with Gasteiger partial charge in [0.05, 0.1) is 16.9 Å². The van der Waals surface area contributed by atoms with E-state index in [-0.39, 0.29) is 27.9 Å². The van der Waals surface area contributed by atoms with Crippen molar-refractivity contribution in [2.45, 2.75) is 17.6 Å². The number of benzene rings is 2. The Morgan fingerprint density at radius 3 is 2.79 bits per heavy atom. The highest BCUT2D eigenvalue weighted by Crippen LogP contribution is 2.26. The number of nitrogen functional groups attached to an aromatic ring is 1. The van der Waals surface area contributed by atoms with Gasteiger partial charge in [-0.05, 0) is 41.5 Å². The SMILES string of the molecule is Cc1ccc(SCc2c(C(=O)N/N=C/c3c(F)cccc3Cl)nnn2-c2nonc2N)cc1. The van der Waals surface area contributed by atoms with Crippen molar-refractivity contribution in [2.24, 2.45) is 5.10 Å². The van der Waals surface area contributed by atoms with Crippen molar-refractivity contribution < 1.29 is 13.8 Å². The van der Waals surface area contributed by atoms with Gasteiger partial charge in [0.1, 0.15) is 5.82 Å². The van der Waals surface area contributed by atoms with Crippen LogP contribution >= 0.6 is 23.4 Å². The molecule has 2 heterocycles. The number of anilines is 1. The molecule has 13 heteroatoms. The predicted octanol–water partition coefficient (Wildman–Crippen LogP) is 3.39. The Morgan fingerprint density at radius 1 is 1.30 bits per heavy atom. The van der Waals surface area contributed by atoms with Gasteiger partial charge >= 0.3 is 0 Å². The third kappa shape index (κ3) is 5.02. The van der Waals surface area contributed by atoms with E-state index >= 15 is 0 Å². The van der Waals surface area contributed by atoms with Gasteiger partial charge in [-0.25, -0.2) is 14.4 Å². The summed E-state index contributed by atoms with van der Waals surface area (Å²) in [5.74, 6) is -0.855. The summed E-state index contributed by atoms with van der Waals surface area (Å²) >= 11 is 7.42. The number of amides is 1. The van der Waals surface area contributed by atoms with E-state index in [9.17, 15) is 9.18 Å². The van der Waals surface area contributed by atoms with Gasteiger partial charge in [-0.1, -0.05) is 40.6 Å². The molecule has 1 amide bonds. The van der Waals surface area contributed by atoms with Gasteiger partial charge in [-0.2, -0.15) is 9.78 Å². The van der Waals surface area contributed by atoms with Gasteiger partial charge in [-0.15, -0.1) is 16.9 Å². The Morgan fingerprint density at radius 2 is 2.09 bits per heavy atom. The zero-order valence-corrected chi connectivity index (χ0v) is 18.6. The quantitative estimate of drug-likeness (QED) is 0.230. The molecule has 168 valence electrons. The Hall–Kier alpha value is -3.77. The van der Waals surface area contributed by atoms with Crippen LogP contribution in [0.5, 0.6) is 0 Å². The van der Waals surface area contributed by atoms with E-state index in [4.69, 9.17) is 17.3 Å². The number of aromatic nitrogens is 5. The number of hydrogen-bond acceptors (Lipinski definition) is 9. The van der Waals surface area contributed by atoms with Gasteiger partial charge in [0.15, 0.2) is 5.69 Å². The number of rotatable bonds is 7. The van der Waals surface area contributed by atoms with E-state index in [1.54, 1.807) is 0 Å². The first kappa shape index (κ1) is 22.4. The topological polar surface area (TPSA) is 137 Å². The highest BCUT2D eigenvalue weighted by Gasteiger charge is 2.24. The van der Waals surface area contributed by atoms with Gasteiger partial charge in [0.25, 0.3) is 5.91 Å². The molecule has 0 aliphatic heterocycles. The third-order valence-corrected chi connectivity index (χ3v) is 5.78. The van der Waals surface area contributed by atoms with Crippen LogP contribution in [0.1, 0.15) is 27.3 Å². The molecule has 10 nitrogen and oxygen atoms in total. The molecular weight excluding hydrogens is 471 g/mol. The number of nitrogens with one attached hydrogen (secondary N) is 1. The number of hydrogen-bond donors (Lipinski definition) is 2. The number of carbonyl (C=O) groups is 1. The summed E-state index contributed by atoms with van der Waals surface area (Å²) in [6.45, 7) is 1.99. The summed E-state index contributed by atoms with van der Waals surface area (Å²) in [6.07, 6.45) is 1.11. The molecule has 0 fully saturated rings. The molecule has 0 unspecified atom stereocenters. The third-order valence-electron chi connectivity index (χ3n) is 4.43. The fraction of sp³-hybridized carbons (Fsp3) is 0.100. The smallest absolute Gasteiger partial charge is 0.293 e. The number of hydrazone groups is 1. The Bertz CT molecular complexity index is 1300. The van der Waals surface area contributed by atoms with Crippen molar-refractivity contribution in [3.63, 3.8) is 0 Å². The maximum Gasteiger partial charge on any atom is 0.293 e. The lowest BCUT2D eigenvalue weighted by Gasteiger charge is -2.06. The Labute approximate surface area is 196 Å². The predicted molar refractivity (Wildman–Crippen MR) is 121 cm³/mol. The van der Waals surface area contributed by atoms with Crippen molar-refractivity contribution in [2.75, 3.05) is 5.73 Å². The Balaban J connectivity index is 1.59. The maximum atomic E-state index is 13.9. The van der Waals surface area contributed by atoms with Crippen molar-refractivity contribution in [1.82, 2.24) is 30.7 Å². The summed E-state index contributed by atoms with van der Waals surface area (Å²) in [4.78, 5) is 13.8. The highest BCUT2D eigenvalue weighted by atomic mass is 35.5. The summed E-state index contributed by atoms with van der Waals surface area (Å²) in [5.41, 5.74) is 9.64. The molecule has 3 N–H and O–H groups in total. The van der Waals surface area contributed by atoms with Crippen molar-refractivity contribution in [3.8, 4) is 5.82 Å². The molecule has 0 radical (unpaired) electrons. The standard InChI is InChI=1S/C20H16ClFN8O2S/c1-11-5-7-12(8-6-11)33-10-16-17(25-29-30(16)19-18(23)27-32-28-19)20(31)26-24-9-13-14(21)3-2-4-15(13)22/h2-9H,10H2,1H3,(H2,23,27)(H,26,31)/b24-9+. The average Bonchev–Trinajstić information content (AvgIpc) is 3.41. The Kier molecular flexibility index (Phi) is 6.66. The molecule has 4 rings (SSSR count). The number of halogens is 2. The second-order valence-corrected chi connectivity index (χ2v) is 8.16. The average molecular weight is 487 g/mol. The summed E-state index contributed by atoms with van der Waals surface area (Å²) in [5, 5.41) is 19.1. The summed E-state index contributed by atoms with van der Waals surface area (Å²) in [6, 6.07) is 12.1. The molecule has 2 aromatic heterocycles. The normalized spacial score (nSPS) is 11.2. The summed E-state index contributed by atoms with van der Waals surface area (Å²) < 4.78 is 19.8. The number of nitrogens with two attached hydrogens (primary N) is 1. The van der Waals surface area contributed by atoms with Gasteiger partial charge in [-0.3, -0.25) is 4.79 Å². The van der Waals surface area contributed by atoms with Crippen LogP contribution in [0, 0.1) is 12.7 Å². The molecule has 0 saturated carbocycles. The molecule has 0 atom stereocenters. The largest absolute Gasteiger partial charge is 0.378 e. The van der Waals surface area contributed by atoms with Crippen molar-refractivity contribution in [3.05, 3.63) is 75.8 Å². The molecule has 2 aromatic carbocycles. The number of thioether (sulfide) groups is 1. The zero-order chi connectivity index (χ0) is 23.4.